The van der Waals surface area contributed by atoms with E-state index in [0.717, 1.165) is 0 Å². The fourth-order valence-electron chi connectivity index (χ4n) is 2.50. The summed E-state index contributed by atoms with van der Waals surface area (Å²) in [5, 5.41) is 2.69. The summed E-state index contributed by atoms with van der Waals surface area (Å²) < 4.78 is 12.9. The van der Waals surface area contributed by atoms with Crippen LogP contribution in [0.4, 0.5) is 16.0 Å². The quantitative estimate of drug-likeness (QED) is 0.675. The number of carbonyl (C=O) groups excluding carboxylic acids is 1. The van der Waals surface area contributed by atoms with Crippen LogP contribution in [0.5, 0.6) is 0 Å². The Hall–Kier alpha value is -2.25. The zero-order chi connectivity index (χ0) is 16.9. The van der Waals surface area contributed by atoms with Gasteiger partial charge >= 0.3 is 0 Å². The van der Waals surface area contributed by atoms with Gasteiger partial charge in [0.1, 0.15) is 5.82 Å². The number of hydrogen-bond acceptors (Lipinski definition) is 5. The van der Waals surface area contributed by atoms with Crippen molar-refractivity contribution in [2.45, 2.75) is 5.50 Å². The first-order valence-electron chi connectivity index (χ1n) is 7.60. The molecule has 1 aliphatic rings. The summed E-state index contributed by atoms with van der Waals surface area (Å²) in [4.78, 5) is 24.6. The molecule has 6 nitrogen and oxygen atoms in total. The monoisotopic (exact) mass is 349 g/mol. The Morgan fingerprint density at radius 2 is 1.75 bits per heavy atom. The number of nitrogens with zero attached hydrogens (tertiary/aromatic N) is 4. The summed E-state index contributed by atoms with van der Waals surface area (Å²) in [7, 11) is 0. The van der Waals surface area contributed by atoms with Gasteiger partial charge in [0.15, 0.2) is 5.50 Å². The van der Waals surface area contributed by atoms with Gasteiger partial charge in [0, 0.05) is 44.3 Å². The molecule has 24 heavy (non-hydrogen) atoms. The zero-order valence-corrected chi connectivity index (χ0v) is 13.7. The Morgan fingerprint density at radius 3 is 2.38 bits per heavy atom. The summed E-state index contributed by atoms with van der Waals surface area (Å²) in [5.74, 6) is 0.00129. The highest BCUT2D eigenvalue weighted by molar-refractivity contribution is 6.32. The number of amides is 1. The number of anilines is 2. The molecule has 1 aliphatic heterocycles. The highest BCUT2D eigenvalue weighted by Crippen LogP contribution is 2.16. The van der Waals surface area contributed by atoms with Gasteiger partial charge in [0.05, 0.1) is 0 Å². The lowest BCUT2D eigenvalue weighted by atomic mass is 10.3. The van der Waals surface area contributed by atoms with Crippen molar-refractivity contribution in [3.8, 4) is 0 Å². The van der Waals surface area contributed by atoms with Crippen LogP contribution >= 0.6 is 11.6 Å². The van der Waals surface area contributed by atoms with Crippen molar-refractivity contribution >= 4 is 29.1 Å². The van der Waals surface area contributed by atoms with E-state index in [2.05, 4.69) is 20.2 Å². The van der Waals surface area contributed by atoms with Crippen molar-refractivity contribution < 1.29 is 9.18 Å². The largest absolute Gasteiger partial charge is 0.338 e. The molecule has 1 atom stereocenters. The minimum absolute atomic E-state index is 0.326. The molecular weight excluding hydrogens is 333 g/mol. The van der Waals surface area contributed by atoms with Crippen molar-refractivity contribution in [1.29, 1.82) is 0 Å². The Labute approximate surface area is 144 Å². The predicted octanol–water partition coefficient (Wildman–Crippen LogP) is 1.94. The molecular formula is C16H17ClFN5O. The molecule has 1 N–H and O–H groups in total. The molecule has 0 bridgehead atoms. The van der Waals surface area contributed by atoms with Crippen molar-refractivity contribution in [3.63, 3.8) is 0 Å². The molecule has 8 heteroatoms. The average molecular weight is 350 g/mol. The SMILES string of the molecule is O=C(Nc1ccc(F)cc1)C(Cl)N1CCN(c2ncccn2)CC1. The van der Waals surface area contributed by atoms with E-state index in [1.165, 1.54) is 24.3 Å². The minimum atomic E-state index is -0.783. The minimum Gasteiger partial charge on any atom is -0.338 e. The first-order valence-corrected chi connectivity index (χ1v) is 8.03. The van der Waals surface area contributed by atoms with Crippen LogP contribution in [-0.2, 0) is 4.79 Å². The maximum Gasteiger partial charge on any atom is 0.257 e. The third-order valence-electron chi connectivity index (χ3n) is 3.80. The predicted molar refractivity (Wildman–Crippen MR) is 90.5 cm³/mol. The average Bonchev–Trinajstić information content (AvgIpc) is 2.64. The van der Waals surface area contributed by atoms with Crippen molar-refractivity contribution in [2.24, 2.45) is 0 Å². The highest BCUT2D eigenvalue weighted by atomic mass is 35.5. The topological polar surface area (TPSA) is 61.4 Å². The maximum atomic E-state index is 12.9. The molecule has 0 saturated carbocycles. The second kappa shape index (κ2) is 7.55. The van der Waals surface area contributed by atoms with Crippen LogP contribution in [0.3, 0.4) is 0 Å². The van der Waals surface area contributed by atoms with Crippen molar-refractivity contribution in [3.05, 3.63) is 48.5 Å². The molecule has 3 rings (SSSR count). The van der Waals surface area contributed by atoms with E-state index >= 15 is 0 Å². The molecule has 0 spiro atoms. The molecule has 126 valence electrons. The van der Waals surface area contributed by atoms with Crippen molar-refractivity contribution in [1.82, 2.24) is 14.9 Å². The van der Waals surface area contributed by atoms with Gasteiger partial charge in [-0.05, 0) is 30.3 Å². The lowest BCUT2D eigenvalue weighted by molar-refractivity contribution is -0.118. The maximum absolute atomic E-state index is 12.9. The number of benzene rings is 1. The highest BCUT2D eigenvalue weighted by Gasteiger charge is 2.28. The van der Waals surface area contributed by atoms with E-state index in [9.17, 15) is 9.18 Å². The zero-order valence-electron chi connectivity index (χ0n) is 12.9. The first kappa shape index (κ1) is 16.6. The Bertz CT molecular complexity index is 677. The number of hydrogen-bond donors (Lipinski definition) is 1. The van der Waals surface area contributed by atoms with Gasteiger partial charge in [-0.25, -0.2) is 14.4 Å². The Morgan fingerprint density at radius 1 is 1.12 bits per heavy atom. The lowest BCUT2D eigenvalue weighted by Gasteiger charge is -2.36. The van der Waals surface area contributed by atoms with Gasteiger partial charge in [-0.15, -0.1) is 0 Å². The van der Waals surface area contributed by atoms with Gasteiger partial charge < -0.3 is 10.2 Å². The van der Waals surface area contributed by atoms with Crippen LogP contribution in [0.25, 0.3) is 0 Å². The standard InChI is InChI=1S/C16H17ClFN5O/c17-14(15(24)21-13-4-2-12(18)3-5-13)22-8-10-23(11-9-22)16-19-6-1-7-20-16/h1-7,14H,8-11H2,(H,21,24). The third kappa shape index (κ3) is 3.98. The third-order valence-corrected chi connectivity index (χ3v) is 4.27. The van der Waals surface area contributed by atoms with Crippen LogP contribution in [0.15, 0.2) is 42.7 Å². The Kier molecular flexibility index (Phi) is 5.22. The van der Waals surface area contributed by atoms with Crippen LogP contribution in [0.1, 0.15) is 0 Å². The summed E-state index contributed by atoms with van der Waals surface area (Å²) in [5.41, 5.74) is -0.266. The number of halogens is 2. The fourth-order valence-corrected chi connectivity index (χ4v) is 2.75. The van der Waals surface area contributed by atoms with Gasteiger partial charge in [-0.3, -0.25) is 9.69 Å². The van der Waals surface area contributed by atoms with Crippen molar-refractivity contribution in [2.75, 3.05) is 36.4 Å². The number of nitrogens with one attached hydrogen (secondary N) is 1. The van der Waals surface area contributed by atoms with Gasteiger partial charge in [0.25, 0.3) is 5.91 Å². The van der Waals surface area contributed by atoms with Gasteiger partial charge in [0.2, 0.25) is 5.95 Å². The van der Waals surface area contributed by atoms with Crippen LogP contribution in [-0.4, -0.2) is 52.5 Å². The van der Waals surface area contributed by atoms with Gasteiger partial charge in [-0.2, -0.15) is 0 Å². The summed E-state index contributed by atoms with van der Waals surface area (Å²) in [6, 6.07) is 7.35. The number of carbonyl (C=O) groups is 1. The molecule has 0 aliphatic carbocycles. The number of piperazine rings is 1. The molecule has 1 amide bonds. The summed E-state index contributed by atoms with van der Waals surface area (Å²) >= 11 is 6.28. The molecule has 0 radical (unpaired) electrons. The van der Waals surface area contributed by atoms with E-state index in [1.54, 1.807) is 18.5 Å². The van der Waals surface area contributed by atoms with E-state index in [4.69, 9.17) is 11.6 Å². The number of rotatable bonds is 4. The first-order chi connectivity index (χ1) is 11.6. The van der Waals surface area contributed by atoms with Gasteiger partial charge in [-0.1, -0.05) is 11.6 Å². The molecule has 1 saturated heterocycles. The van der Waals surface area contributed by atoms with Crippen LogP contribution in [0.2, 0.25) is 0 Å². The second-order valence-corrected chi connectivity index (χ2v) is 5.82. The second-order valence-electron chi connectivity index (χ2n) is 5.40. The van der Waals surface area contributed by atoms with E-state index in [-0.39, 0.29) is 11.7 Å². The molecule has 1 aromatic carbocycles. The molecule has 1 unspecified atom stereocenters. The number of alkyl halides is 1. The van der Waals surface area contributed by atoms with E-state index in [0.29, 0.717) is 37.8 Å². The van der Waals surface area contributed by atoms with Crippen LogP contribution in [0, 0.1) is 5.82 Å². The Balaban J connectivity index is 1.53. The lowest BCUT2D eigenvalue weighted by Crippen LogP contribution is -2.52. The molecule has 1 aromatic heterocycles. The van der Waals surface area contributed by atoms with Crippen LogP contribution < -0.4 is 10.2 Å². The molecule has 1 fully saturated rings. The number of aromatic nitrogens is 2. The molecule has 2 heterocycles. The summed E-state index contributed by atoms with van der Waals surface area (Å²) in [6.45, 7) is 2.64. The normalized spacial score (nSPS) is 16.7. The molecule has 2 aromatic rings. The van der Waals surface area contributed by atoms with E-state index in [1.807, 2.05) is 4.90 Å². The fraction of sp³-hybridized carbons (Fsp3) is 0.312. The smallest absolute Gasteiger partial charge is 0.257 e. The summed E-state index contributed by atoms with van der Waals surface area (Å²) in [6.07, 6.45) is 3.41. The van der Waals surface area contributed by atoms with E-state index < -0.39 is 5.50 Å².